The summed E-state index contributed by atoms with van der Waals surface area (Å²) >= 11 is 1.52. The van der Waals surface area contributed by atoms with Crippen LogP contribution in [0.3, 0.4) is 0 Å². The van der Waals surface area contributed by atoms with Crippen molar-refractivity contribution in [2.45, 2.75) is 31.7 Å². The van der Waals surface area contributed by atoms with Gasteiger partial charge in [0.15, 0.2) is 0 Å². The molecule has 0 spiro atoms. The third kappa shape index (κ3) is 8.06. The third-order valence-corrected chi connectivity index (χ3v) is 8.36. The molecule has 238 valence electrons. The van der Waals surface area contributed by atoms with Crippen LogP contribution in [0.2, 0.25) is 0 Å². The van der Waals surface area contributed by atoms with E-state index in [1.807, 2.05) is 48.5 Å². The summed E-state index contributed by atoms with van der Waals surface area (Å²) in [6.45, 7) is 4.64. The molecule has 46 heavy (non-hydrogen) atoms. The van der Waals surface area contributed by atoms with E-state index in [1.54, 1.807) is 40.8 Å². The predicted octanol–water partition coefficient (Wildman–Crippen LogP) is 3.17. The number of aromatic nitrogens is 1. The molecule has 2 heterocycles. The minimum absolute atomic E-state index is 0.0563. The average molecular weight is 641 g/mol. The number of hydrogen-bond acceptors (Lipinski definition) is 7. The van der Waals surface area contributed by atoms with Crippen molar-refractivity contribution < 1.29 is 19.2 Å². The molecule has 2 atom stereocenters. The second-order valence-corrected chi connectivity index (χ2v) is 11.7. The summed E-state index contributed by atoms with van der Waals surface area (Å²) in [5.41, 5.74) is 10.9. The first-order valence-corrected chi connectivity index (χ1v) is 15.7. The summed E-state index contributed by atoms with van der Waals surface area (Å²) in [4.78, 5) is 60.3. The molecule has 0 aliphatic carbocycles. The van der Waals surface area contributed by atoms with Gasteiger partial charge in [0.25, 0.3) is 0 Å². The number of urea groups is 2. The molecule has 0 radical (unpaired) electrons. The lowest BCUT2D eigenvalue weighted by atomic mass is 9.98. The molecule has 1 aromatic heterocycles. The Labute approximate surface area is 270 Å². The highest BCUT2D eigenvalue weighted by Crippen LogP contribution is 2.26. The Morgan fingerprint density at radius 2 is 1.80 bits per heavy atom. The molecule has 12 nitrogen and oxygen atoms in total. The maximum atomic E-state index is 14.3. The zero-order valence-electron chi connectivity index (χ0n) is 25.1. The summed E-state index contributed by atoms with van der Waals surface area (Å²) in [6, 6.07) is 20.1. The van der Waals surface area contributed by atoms with Crippen molar-refractivity contribution in [1.82, 2.24) is 30.7 Å². The summed E-state index contributed by atoms with van der Waals surface area (Å²) < 4.78 is 1.00. The van der Waals surface area contributed by atoms with E-state index in [1.165, 1.54) is 16.2 Å². The molecular formula is C33H36N8O4S. The van der Waals surface area contributed by atoms with Crippen molar-refractivity contribution in [3.8, 4) is 0 Å². The van der Waals surface area contributed by atoms with Crippen LogP contribution in [-0.4, -0.2) is 70.5 Å². The second kappa shape index (κ2) is 15.1. The Morgan fingerprint density at radius 3 is 2.54 bits per heavy atom. The zero-order valence-corrected chi connectivity index (χ0v) is 26.0. The van der Waals surface area contributed by atoms with Crippen LogP contribution in [0.4, 0.5) is 15.3 Å². The first kappa shape index (κ1) is 32.1. The number of thiazole rings is 1. The van der Waals surface area contributed by atoms with Crippen molar-refractivity contribution in [1.29, 1.82) is 0 Å². The van der Waals surface area contributed by atoms with E-state index in [2.05, 4.69) is 32.8 Å². The van der Waals surface area contributed by atoms with Crippen LogP contribution in [0.15, 0.2) is 91.0 Å². The second-order valence-electron chi connectivity index (χ2n) is 10.8. The average Bonchev–Trinajstić information content (AvgIpc) is 3.54. The largest absolute Gasteiger partial charge is 0.351 e. The van der Waals surface area contributed by atoms with Gasteiger partial charge in [0.1, 0.15) is 12.2 Å². The van der Waals surface area contributed by atoms with Crippen LogP contribution < -0.4 is 27.0 Å². The lowest BCUT2D eigenvalue weighted by Gasteiger charge is -2.46. The SMILES string of the molecule is C=CCNCC(=O)N1[C@@H](NC(=O)NCc2ccccc2)CN(Cc2cccc3scnc23)C(=O)[C@@H]1Cc1ccc(NC(N)=O)cc1. The number of benzene rings is 3. The van der Waals surface area contributed by atoms with Gasteiger partial charge in [-0.2, -0.15) is 0 Å². The third-order valence-electron chi connectivity index (χ3n) is 7.56. The number of piperazine rings is 1. The number of nitrogens with two attached hydrogens (primary N) is 1. The van der Waals surface area contributed by atoms with Gasteiger partial charge in [0, 0.05) is 31.7 Å². The van der Waals surface area contributed by atoms with E-state index < -0.39 is 24.3 Å². The Balaban J connectivity index is 1.45. The number of primary amides is 1. The van der Waals surface area contributed by atoms with E-state index in [0.29, 0.717) is 12.2 Å². The maximum Gasteiger partial charge on any atom is 0.316 e. The molecule has 1 saturated heterocycles. The van der Waals surface area contributed by atoms with Gasteiger partial charge in [-0.3, -0.25) is 9.59 Å². The fourth-order valence-electron chi connectivity index (χ4n) is 5.45. The van der Waals surface area contributed by atoms with Gasteiger partial charge >= 0.3 is 12.1 Å². The fourth-order valence-corrected chi connectivity index (χ4v) is 6.17. The van der Waals surface area contributed by atoms with E-state index >= 15 is 0 Å². The molecule has 1 aliphatic rings. The Hall–Kier alpha value is -5.27. The number of amides is 6. The molecule has 1 fully saturated rings. The molecule has 4 aromatic rings. The normalized spacial score (nSPS) is 16.2. The molecule has 5 rings (SSSR count). The number of rotatable bonds is 12. The van der Waals surface area contributed by atoms with Crippen LogP contribution in [0.25, 0.3) is 10.2 Å². The summed E-state index contributed by atoms with van der Waals surface area (Å²) in [5.74, 6) is -0.604. The number of fused-ring (bicyclic) bond motifs is 1. The number of anilines is 1. The zero-order chi connectivity index (χ0) is 32.5. The van der Waals surface area contributed by atoms with Gasteiger partial charge in [-0.25, -0.2) is 14.6 Å². The van der Waals surface area contributed by atoms with Gasteiger partial charge in [0.05, 0.1) is 28.8 Å². The topological polar surface area (TPSA) is 162 Å². The quantitative estimate of drug-likeness (QED) is 0.118. The van der Waals surface area contributed by atoms with E-state index in [-0.39, 0.29) is 44.4 Å². The van der Waals surface area contributed by atoms with E-state index in [0.717, 1.165) is 26.9 Å². The van der Waals surface area contributed by atoms with Crippen LogP contribution in [-0.2, 0) is 29.1 Å². The van der Waals surface area contributed by atoms with Crippen LogP contribution in [0.1, 0.15) is 16.7 Å². The van der Waals surface area contributed by atoms with Crippen molar-refractivity contribution >= 4 is 51.1 Å². The highest BCUT2D eigenvalue weighted by atomic mass is 32.1. The maximum absolute atomic E-state index is 14.3. The van der Waals surface area contributed by atoms with Gasteiger partial charge < -0.3 is 36.8 Å². The Bertz CT molecular complexity index is 1690. The number of para-hydroxylation sites is 1. The van der Waals surface area contributed by atoms with Crippen LogP contribution in [0, 0.1) is 0 Å². The number of carbonyl (C=O) groups is 4. The molecule has 6 N–H and O–H groups in total. The first-order valence-electron chi connectivity index (χ1n) is 14.8. The summed E-state index contributed by atoms with van der Waals surface area (Å²) in [5, 5.41) is 11.4. The number of hydrogen-bond donors (Lipinski definition) is 5. The molecule has 0 bridgehead atoms. The molecule has 6 amide bonds. The molecular weight excluding hydrogens is 604 g/mol. The Morgan fingerprint density at radius 1 is 1.02 bits per heavy atom. The summed E-state index contributed by atoms with van der Waals surface area (Å²) in [6.07, 6.45) is 0.979. The van der Waals surface area contributed by atoms with E-state index in [4.69, 9.17) is 5.73 Å². The molecule has 13 heteroatoms. The predicted molar refractivity (Wildman–Crippen MR) is 178 cm³/mol. The minimum Gasteiger partial charge on any atom is -0.351 e. The molecule has 0 saturated carbocycles. The van der Waals surface area contributed by atoms with Gasteiger partial charge in [-0.15, -0.1) is 17.9 Å². The molecule has 1 aliphatic heterocycles. The highest BCUT2D eigenvalue weighted by Gasteiger charge is 2.43. The fraction of sp³-hybridized carbons (Fsp3) is 0.242. The number of nitrogens with one attached hydrogen (secondary N) is 4. The number of nitrogens with zero attached hydrogens (tertiary/aromatic N) is 3. The van der Waals surface area contributed by atoms with Crippen LogP contribution >= 0.6 is 11.3 Å². The molecule has 3 aromatic carbocycles. The lowest BCUT2D eigenvalue weighted by molar-refractivity contribution is -0.156. The van der Waals surface area contributed by atoms with Crippen molar-refractivity contribution in [2.24, 2.45) is 5.73 Å². The monoisotopic (exact) mass is 640 g/mol. The van der Waals surface area contributed by atoms with Crippen molar-refractivity contribution in [2.75, 3.05) is 25.0 Å². The molecule has 0 unspecified atom stereocenters. The highest BCUT2D eigenvalue weighted by molar-refractivity contribution is 7.16. The van der Waals surface area contributed by atoms with Gasteiger partial charge in [-0.1, -0.05) is 60.7 Å². The summed E-state index contributed by atoms with van der Waals surface area (Å²) in [7, 11) is 0. The minimum atomic E-state index is -0.934. The van der Waals surface area contributed by atoms with Crippen molar-refractivity contribution in [3.63, 3.8) is 0 Å². The number of carbonyl (C=O) groups excluding carboxylic acids is 4. The van der Waals surface area contributed by atoms with Crippen molar-refractivity contribution in [3.05, 3.63) is 108 Å². The Kier molecular flexibility index (Phi) is 10.6. The van der Waals surface area contributed by atoms with Gasteiger partial charge in [-0.05, 0) is 34.9 Å². The smallest absolute Gasteiger partial charge is 0.316 e. The van der Waals surface area contributed by atoms with Gasteiger partial charge in [0.2, 0.25) is 11.8 Å². The standard InChI is InChI=1S/C33H36N8O4S/c1-2-15-35-18-29(42)41-26(16-22-11-13-25(14-12-22)38-32(34)44)31(43)40(19-24-9-6-10-27-30(24)37-21-46-27)20-28(41)39-33(45)36-17-23-7-4-3-5-8-23/h2-14,21,26,28,35H,1,15-20H2,(H3,34,38,44)(H2,36,39,45)/t26-,28+/m0/s1. The van der Waals surface area contributed by atoms with Crippen LogP contribution in [0.5, 0.6) is 0 Å². The first-order chi connectivity index (χ1) is 22.3. The van der Waals surface area contributed by atoms with E-state index in [9.17, 15) is 19.2 Å². The lowest BCUT2D eigenvalue weighted by Crippen LogP contribution is -2.69.